The number of esters is 1. The maximum absolute atomic E-state index is 15.2. The van der Waals surface area contributed by atoms with E-state index in [1.165, 1.54) is 0 Å². The van der Waals surface area contributed by atoms with Crippen LogP contribution < -0.4 is 28.4 Å². The van der Waals surface area contributed by atoms with Gasteiger partial charge in [-0.15, -0.1) is 0 Å². The Bertz CT molecular complexity index is 1760. The van der Waals surface area contributed by atoms with Gasteiger partial charge in [0.1, 0.15) is 17.9 Å². The van der Waals surface area contributed by atoms with Crippen LogP contribution in [0.5, 0.6) is 34.5 Å². The van der Waals surface area contributed by atoms with E-state index in [1.807, 2.05) is 54.6 Å². The summed E-state index contributed by atoms with van der Waals surface area (Å²) < 4.78 is 47.6. The quantitative estimate of drug-likeness (QED) is 0.206. The predicted molar refractivity (Wildman–Crippen MR) is 217 cm³/mol. The molecule has 3 aliphatic rings. The van der Waals surface area contributed by atoms with Crippen molar-refractivity contribution in [2.75, 3.05) is 61.4 Å². The lowest BCUT2D eigenvalue weighted by Crippen LogP contribution is -2.51. The Morgan fingerprint density at radius 2 is 1.42 bits per heavy atom. The summed E-state index contributed by atoms with van der Waals surface area (Å²) in [4.78, 5) is 31.5. The number of aryl methyl sites for hydroxylation is 1. The second kappa shape index (κ2) is 21.2. The van der Waals surface area contributed by atoms with Crippen molar-refractivity contribution in [1.29, 1.82) is 0 Å². The van der Waals surface area contributed by atoms with Crippen molar-refractivity contribution in [3.8, 4) is 34.5 Å². The van der Waals surface area contributed by atoms with E-state index in [9.17, 15) is 4.79 Å². The average molecular weight is 788 g/mol. The van der Waals surface area contributed by atoms with Gasteiger partial charge in [-0.3, -0.25) is 4.79 Å². The van der Waals surface area contributed by atoms with Gasteiger partial charge in [0.15, 0.2) is 23.0 Å². The van der Waals surface area contributed by atoms with Crippen LogP contribution in [0.3, 0.4) is 0 Å². The SMILES string of the molecule is COc1ccc(CC[C@H]2OC(=O)[C@@H]3CCCCN3C(=O)[C@@H](C3CCCCC3)c3cc(OC)c(OC)c(c3)OCCCOCCCCOc3cccc2c3)cc1OC. The minimum atomic E-state index is -0.710. The zero-order valence-electron chi connectivity index (χ0n) is 34.3. The minimum Gasteiger partial charge on any atom is -0.494 e. The highest BCUT2D eigenvalue weighted by Gasteiger charge is 2.41. The molecule has 0 radical (unpaired) electrons. The molecule has 11 nitrogen and oxygen atoms in total. The first-order chi connectivity index (χ1) is 27.9. The molecule has 2 fully saturated rings. The summed E-state index contributed by atoms with van der Waals surface area (Å²) in [5, 5.41) is 0. The number of ether oxygens (including phenoxy) is 8. The van der Waals surface area contributed by atoms with Gasteiger partial charge in [0, 0.05) is 26.2 Å². The summed E-state index contributed by atoms with van der Waals surface area (Å²) in [5.41, 5.74) is 2.68. The Balaban J connectivity index is 1.35. The highest BCUT2D eigenvalue weighted by molar-refractivity contribution is 5.89. The van der Waals surface area contributed by atoms with E-state index in [1.54, 1.807) is 33.3 Å². The van der Waals surface area contributed by atoms with Crippen molar-refractivity contribution in [3.63, 3.8) is 0 Å². The second-order valence-corrected chi connectivity index (χ2v) is 15.3. The molecule has 2 aliphatic heterocycles. The van der Waals surface area contributed by atoms with E-state index in [0.717, 1.165) is 74.5 Å². The molecule has 0 aromatic heterocycles. The Morgan fingerprint density at radius 3 is 2.21 bits per heavy atom. The molecule has 1 amide bonds. The number of amides is 1. The lowest BCUT2D eigenvalue weighted by atomic mass is 9.75. The van der Waals surface area contributed by atoms with E-state index in [4.69, 9.17) is 37.9 Å². The molecule has 11 heteroatoms. The molecule has 3 atom stereocenters. The first-order valence-corrected chi connectivity index (χ1v) is 20.8. The molecule has 1 aliphatic carbocycles. The van der Waals surface area contributed by atoms with Gasteiger partial charge in [-0.05, 0) is 117 Å². The van der Waals surface area contributed by atoms with Crippen molar-refractivity contribution in [1.82, 2.24) is 4.90 Å². The Labute approximate surface area is 338 Å². The second-order valence-electron chi connectivity index (χ2n) is 15.3. The summed E-state index contributed by atoms with van der Waals surface area (Å²) in [7, 11) is 6.44. The third-order valence-electron chi connectivity index (χ3n) is 11.5. The molecule has 6 rings (SSSR count). The number of methoxy groups -OCH3 is 4. The Kier molecular flexibility index (Phi) is 15.6. The van der Waals surface area contributed by atoms with Crippen LogP contribution in [0.25, 0.3) is 0 Å². The summed E-state index contributed by atoms with van der Waals surface area (Å²) in [6.45, 7) is 2.61. The van der Waals surface area contributed by atoms with E-state index in [2.05, 4.69) is 0 Å². The molecule has 0 unspecified atom stereocenters. The van der Waals surface area contributed by atoms with Crippen LogP contribution in [-0.4, -0.2) is 84.2 Å². The van der Waals surface area contributed by atoms with Crippen molar-refractivity contribution in [3.05, 3.63) is 71.3 Å². The molecular weight excluding hydrogens is 727 g/mol. The first-order valence-electron chi connectivity index (χ1n) is 20.8. The molecule has 0 spiro atoms. The molecule has 2 heterocycles. The van der Waals surface area contributed by atoms with Crippen LogP contribution in [0.15, 0.2) is 54.6 Å². The van der Waals surface area contributed by atoms with Crippen LogP contribution in [0.2, 0.25) is 0 Å². The molecular formula is C46H61NO10. The lowest BCUT2D eigenvalue weighted by molar-refractivity contribution is -0.163. The molecule has 310 valence electrons. The van der Waals surface area contributed by atoms with E-state index < -0.39 is 18.1 Å². The van der Waals surface area contributed by atoms with E-state index in [0.29, 0.717) is 93.2 Å². The number of rotatable bonds is 8. The van der Waals surface area contributed by atoms with Crippen LogP contribution in [0.1, 0.15) is 106 Å². The maximum Gasteiger partial charge on any atom is 0.329 e. The highest BCUT2D eigenvalue weighted by atomic mass is 16.5. The minimum absolute atomic E-state index is 0.0502. The molecule has 4 bridgehead atoms. The summed E-state index contributed by atoms with van der Waals surface area (Å²) in [5.74, 6) is 2.73. The summed E-state index contributed by atoms with van der Waals surface area (Å²) >= 11 is 0. The highest BCUT2D eigenvalue weighted by Crippen LogP contribution is 2.45. The Morgan fingerprint density at radius 1 is 0.667 bits per heavy atom. The van der Waals surface area contributed by atoms with Crippen molar-refractivity contribution in [2.45, 2.75) is 102 Å². The standard InChI is InChI=1S/C46H61NO10/c1-50-39-22-20-32(28-40(39)51-2)19-21-38-34-16-12-17-36(29-34)55-26-11-10-24-54-25-13-27-56-42-31-35(30-41(52-3)44(42)53-4)43(33-14-6-5-7-15-33)45(48)47-23-9-8-18-37(47)46(49)57-38/h12,16-17,20,22,28-31,33,37-38,43H,5-11,13-15,18-19,21,23-27H2,1-4H3/t37-,38+,43-/m0/s1. The van der Waals surface area contributed by atoms with Crippen LogP contribution in [0.4, 0.5) is 0 Å². The van der Waals surface area contributed by atoms with Crippen LogP contribution in [0, 0.1) is 5.92 Å². The summed E-state index contributed by atoms with van der Waals surface area (Å²) in [6, 6.07) is 16.8. The largest absolute Gasteiger partial charge is 0.494 e. The topological polar surface area (TPSA) is 111 Å². The lowest BCUT2D eigenvalue weighted by Gasteiger charge is -2.40. The number of fused-ring (bicyclic) bond motifs is 5. The van der Waals surface area contributed by atoms with Gasteiger partial charge in [0.2, 0.25) is 11.7 Å². The molecule has 1 saturated carbocycles. The number of hydrogen-bond donors (Lipinski definition) is 0. The number of nitrogens with zero attached hydrogens (tertiary/aromatic N) is 1. The predicted octanol–water partition coefficient (Wildman–Crippen LogP) is 8.64. The van der Waals surface area contributed by atoms with E-state index >= 15 is 4.79 Å². The van der Waals surface area contributed by atoms with Gasteiger partial charge in [-0.2, -0.15) is 0 Å². The Hall–Kier alpha value is -4.64. The molecule has 3 aromatic rings. The van der Waals surface area contributed by atoms with Crippen molar-refractivity contribution < 1.29 is 47.5 Å². The first kappa shape index (κ1) is 42.0. The normalized spacial score (nSPS) is 21.9. The fraction of sp³-hybridized carbons (Fsp3) is 0.565. The fourth-order valence-electron chi connectivity index (χ4n) is 8.53. The number of piperidine rings is 1. The molecule has 0 N–H and O–H groups in total. The molecule has 3 aromatic carbocycles. The third-order valence-corrected chi connectivity index (χ3v) is 11.5. The fourth-order valence-corrected chi connectivity index (χ4v) is 8.53. The number of benzene rings is 3. The zero-order valence-corrected chi connectivity index (χ0v) is 34.3. The zero-order chi connectivity index (χ0) is 40.0. The number of cyclic esters (lactones) is 1. The van der Waals surface area contributed by atoms with Gasteiger partial charge in [0.25, 0.3) is 0 Å². The number of carbonyl (C=O) groups excluding carboxylic acids is 2. The number of hydrogen-bond acceptors (Lipinski definition) is 10. The summed E-state index contributed by atoms with van der Waals surface area (Å²) in [6.07, 6.45) is 10.2. The van der Waals surface area contributed by atoms with Crippen LogP contribution >= 0.6 is 0 Å². The smallest absolute Gasteiger partial charge is 0.329 e. The average Bonchev–Trinajstić information content (AvgIpc) is 3.25. The third kappa shape index (κ3) is 10.9. The van der Waals surface area contributed by atoms with Crippen molar-refractivity contribution in [2.24, 2.45) is 5.92 Å². The monoisotopic (exact) mass is 787 g/mol. The van der Waals surface area contributed by atoms with E-state index in [-0.39, 0.29) is 17.8 Å². The van der Waals surface area contributed by atoms with Gasteiger partial charge >= 0.3 is 5.97 Å². The number of carbonyl (C=O) groups is 2. The van der Waals surface area contributed by atoms with Gasteiger partial charge < -0.3 is 42.8 Å². The van der Waals surface area contributed by atoms with Crippen LogP contribution in [-0.2, 0) is 25.5 Å². The molecule has 57 heavy (non-hydrogen) atoms. The van der Waals surface area contributed by atoms with Gasteiger partial charge in [0.05, 0.1) is 47.6 Å². The van der Waals surface area contributed by atoms with Gasteiger partial charge in [-0.1, -0.05) is 37.5 Å². The maximum atomic E-state index is 15.2. The van der Waals surface area contributed by atoms with Crippen molar-refractivity contribution >= 4 is 11.9 Å². The van der Waals surface area contributed by atoms with Gasteiger partial charge in [-0.25, -0.2) is 4.79 Å². The molecule has 1 saturated heterocycles.